The molecule has 0 unspecified atom stereocenters. The Kier molecular flexibility index (Phi) is 5.48. The molecule has 0 bridgehead atoms. The molecule has 0 saturated carbocycles. The number of hydrogen-bond donors (Lipinski definition) is 0. The molecule has 1 aliphatic heterocycles. The quantitative estimate of drug-likeness (QED) is 0.468. The van der Waals surface area contributed by atoms with Crippen molar-refractivity contribution in [1.82, 2.24) is 19.5 Å². The highest BCUT2D eigenvalue weighted by atomic mass is 32.1. The molecule has 3 heterocycles. The molecule has 6 nitrogen and oxygen atoms in total. The summed E-state index contributed by atoms with van der Waals surface area (Å²) in [7, 11) is 0. The van der Waals surface area contributed by atoms with Crippen LogP contribution in [0.4, 0.5) is 0 Å². The third-order valence-electron chi connectivity index (χ3n) is 5.25. The van der Waals surface area contributed by atoms with Crippen LogP contribution in [-0.4, -0.2) is 45.8 Å². The molecule has 0 amide bonds. The maximum Gasteiger partial charge on any atom is 0.213 e. The van der Waals surface area contributed by atoms with E-state index >= 15 is 0 Å². The Bertz CT molecular complexity index is 1120. The van der Waals surface area contributed by atoms with Crippen LogP contribution in [0, 0.1) is 6.92 Å². The van der Waals surface area contributed by atoms with Crippen molar-refractivity contribution in [1.29, 1.82) is 0 Å². The van der Waals surface area contributed by atoms with Gasteiger partial charge in [0.05, 0.1) is 24.6 Å². The second-order valence-electron chi connectivity index (χ2n) is 7.45. The van der Waals surface area contributed by atoms with Crippen LogP contribution in [0.15, 0.2) is 54.6 Å². The SMILES string of the molecule is Cc1ccc(OCc2nn3c(CN4CCOCC4)c(-c4ccccc4)nc3s2)cc1. The molecule has 1 aliphatic rings. The van der Waals surface area contributed by atoms with Crippen LogP contribution >= 0.6 is 11.3 Å². The number of nitrogens with zero attached hydrogens (tertiary/aromatic N) is 4. The number of fused-ring (bicyclic) bond motifs is 1. The predicted molar refractivity (Wildman–Crippen MR) is 118 cm³/mol. The molecular formula is C23H24N4O2S. The Morgan fingerprint density at radius 3 is 2.57 bits per heavy atom. The number of imidazole rings is 1. The van der Waals surface area contributed by atoms with Crippen molar-refractivity contribution in [3.8, 4) is 17.0 Å². The average molecular weight is 421 g/mol. The molecule has 1 fully saturated rings. The highest BCUT2D eigenvalue weighted by molar-refractivity contribution is 7.16. The standard InChI is InChI=1S/C23H24N4O2S/c1-17-7-9-19(10-8-17)29-16-21-25-27-20(15-26-11-13-28-14-12-26)22(24-23(27)30-21)18-5-3-2-4-6-18/h2-10H,11-16H2,1H3. The monoisotopic (exact) mass is 420 g/mol. The lowest BCUT2D eigenvalue weighted by atomic mass is 10.1. The van der Waals surface area contributed by atoms with Crippen LogP contribution in [0.1, 0.15) is 16.3 Å². The van der Waals surface area contributed by atoms with E-state index in [0.29, 0.717) is 6.61 Å². The summed E-state index contributed by atoms with van der Waals surface area (Å²) in [5.74, 6) is 0.854. The molecule has 0 aliphatic carbocycles. The number of aryl methyl sites for hydroxylation is 1. The molecule has 1 saturated heterocycles. The minimum absolute atomic E-state index is 0.439. The van der Waals surface area contributed by atoms with E-state index in [1.54, 1.807) is 11.3 Å². The second-order valence-corrected chi connectivity index (χ2v) is 8.49. The molecule has 7 heteroatoms. The van der Waals surface area contributed by atoms with Crippen molar-refractivity contribution in [3.05, 3.63) is 70.9 Å². The second kappa shape index (κ2) is 8.55. The van der Waals surface area contributed by atoms with Gasteiger partial charge in [0.1, 0.15) is 12.4 Å². The predicted octanol–water partition coefficient (Wildman–Crippen LogP) is 4.18. The minimum atomic E-state index is 0.439. The van der Waals surface area contributed by atoms with Crippen molar-refractivity contribution in [2.45, 2.75) is 20.1 Å². The number of rotatable bonds is 6. The highest BCUT2D eigenvalue weighted by Gasteiger charge is 2.21. The Balaban J connectivity index is 1.44. The van der Waals surface area contributed by atoms with Gasteiger partial charge in [-0.05, 0) is 19.1 Å². The van der Waals surface area contributed by atoms with Gasteiger partial charge in [-0.25, -0.2) is 9.50 Å². The summed E-state index contributed by atoms with van der Waals surface area (Å²) in [6.45, 7) is 6.71. The number of ether oxygens (including phenoxy) is 2. The smallest absolute Gasteiger partial charge is 0.213 e. The van der Waals surface area contributed by atoms with Gasteiger partial charge in [-0.1, -0.05) is 59.4 Å². The maximum atomic E-state index is 5.93. The van der Waals surface area contributed by atoms with Crippen LogP contribution in [0.5, 0.6) is 5.75 Å². The molecule has 0 radical (unpaired) electrons. The third-order valence-corrected chi connectivity index (χ3v) is 6.13. The van der Waals surface area contributed by atoms with E-state index in [-0.39, 0.29) is 0 Å². The molecule has 0 atom stereocenters. The van der Waals surface area contributed by atoms with Gasteiger partial charge in [0.15, 0.2) is 5.01 Å². The number of aromatic nitrogens is 3. The van der Waals surface area contributed by atoms with E-state index in [1.807, 2.05) is 22.7 Å². The number of benzene rings is 2. The molecule has 0 N–H and O–H groups in total. The summed E-state index contributed by atoms with van der Waals surface area (Å²) in [5, 5.41) is 5.76. The lowest BCUT2D eigenvalue weighted by molar-refractivity contribution is 0.0335. The Morgan fingerprint density at radius 1 is 1.03 bits per heavy atom. The molecule has 5 rings (SSSR count). The zero-order valence-corrected chi connectivity index (χ0v) is 17.8. The van der Waals surface area contributed by atoms with Gasteiger partial charge in [-0.2, -0.15) is 5.10 Å². The highest BCUT2D eigenvalue weighted by Crippen LogP contribution is 2.28. The molecule has 2 aromatic carbocycles. The molecule has 30 heavy (non-hydrogen) atoms. The van der Waals surface area contributed by atoms with Gasteiger partial charge in [-0.3, -0.25) is 4.90 Å². The van der Waals surface area contributed by atoms with Gasteiger partial charge in [0.25, 0.3) is 0 Å². The van der Waals surface area contributed by atoms with Crippen molar-refractivity contribution >= 4 is 16.3 Å². The topological polar surface area (TPSA) is 51.9 Å². The van der Waals surface area contributed by atoms with E-state index in [9.17, 15) is 0 Å². The van der Waals surface area contributed by atoms with Crippen LogP contribution < -0.4 is 4.74 Å². The summed E-state index contributed by atoms with van der Waals surface area (Å²) < 4.78 is 13.4. The molecule has 154 valence electrons. The van der Waals surface area contributed by atoms with Crippen LogP contribution in [-0.2, 0) is 17.9 Å². The van der Waals surface area contributed by atoms with Gasteiger partial charge in [0, 0.05) is 25.2 Å². The van der Waals surface area contributed by atoms with Crippen molar-refractivity contribution in [3.63, 3.8) is 0 Å². The lowest BCUT2D eigenvalue weighted by Gasteiger charge is -2.26. The molecule has 2 aromatic heterocycles. The Labute approximate surface area is 179 Å². The normalized spacial score (nSPS) is 15.0. The van der Waals surface area contributed by atoms with Crippen molar-refractivity contribution in [2.75, 3.05) is 26.3 Å². The lowest BCUT2D eigenvalue weighted by Crippen LogP contribution is -2.36. The van der Waals surface area contributed by atoms with Crippen molar-refractivity contribution in [2.24, 2.45) is 0 Å². The zero-order chi connectivity index (χ0) is 20.3. The van der Waals surface area contributed by atoms with Crippen LogP contribution in [0.2, 0.25) is 0 Å². The van der Waals surface area contributed by atoms with E-state index in [1.165, 1.54) is 5.56 Å². The van der Waals surface area contributed by atoms with Gasteiger partial charge >= 0.3 is 0 Å². The van der Waals surface area contributed by atoms with Crippen LogP contribution in [0.3, 0.4) is 0 Å². The van der Waals surface area contributed by atoms with Gasteiger partial charge in [0.2, 0.25) is 4.96 Å². The Morgan fingerprint density at radius 2 is 1.80 bits per heavy atom. The maximum absolute atomic E-state index is 5.93. The van der Waals surface area contributed by atoms with Crippen molar-refractivity contribution < 1.29 is 9.47 Å². The summed E-state index contributed by atoms with van der Waals surface area (Å²) in [5.41, 5.74) is 4.47. The molecular weight excluding hydrogens is 396 g/mol. The molecule has 4 aromatic rings. The Hall–Kier alpha value is -2.74. The fraction of sp³-hybridized carbons (Fsp3) is 0.304. The summed E-state index contributed by atoms with van der Waals surface area (Å²) in [6.07, 6.45) is 0. The van der Waals surface area contributed by atoms with E-state index < -0.39 is 0 Å². The third kappa shape index (κ3) is 4.09. The summed E-state index contributed by atoms with van der Waals surface area (Å²) >= 11 is 1.58. The van der Waals surface area contributed by atoms with Crippen LogP contribution in [0.25, 0.3) is 16.2 Å². The summed E-state index contributed by atoms with van der Waals surface area (Å²) in [4.78, 5) is 8.25. The van der Waals surface area contributed by atoms with Gasteiger partial charge < -0.3 is 9.47 Å². The van der Waals surface area contributed by atoms with E-state index in [2.05, 4.69) is 48.2 Å². The first-order valence-corrected chi connectivity index (χ1v) is 11.0. The largest absolute Gasteiger partial charge is 0.486 e. The number of hydrogen-bond acceptors (Lipinski definition) is 6. The van der Waals surface area contributed by atoms with Gasteiger partial charge in [-0.15, -0.1) is 0 Å². The number of morpholine rings is 1. The van der Waals surface area contributed by atoms with E-state index in [0.717, 1.165) is 65.5 Å². The first-order valence-electron chi connectivity index (χ1n) is 10.2. The summed E-state index contributed by atoms with van der Waals surface area (Å²) in [6, 6.07) is 18.4. The zero-order valence-electron chi connectivity index (χ0n) is 17.0. The molecule has 0 spiro atoms. The first-order chi connectivity index (χ1) is 14.8. The fourth-order valence-corrected chi connectivity index (χ4v) is 4.43. The van der Waals surface area contributed by atoms with E-state index in [4.69, 9.17) is 19.6 Å². The average Bonchev–Trinajstić information content (AvgIpc) is 3.33. The fourth-order valence-electron chi connectivity index (χ4n) is 3.61. The minimum Gasteiger partial charge on any atom is -0.486 e. The first kappa shape index (κ1) is 19.2.